The smallest absolute Gasteiger partial charge is 0.255 e. The maximum atomic E-state index is 13.1. The Morgan fingerprint density at radius 1 is 1.15 bits per heavy atom. The Morgan fingerprint density at radius 2 is 1.93 bits per heavy atom. The molecular weight excluding hydrogens is 345 g/mol. The van der Waals surface area contributed by atoms with E-state index in [4.69, 9.17) is 0 Å². The standard InChI is InChI=1S/C20H22FN5O/c1-14-19(15(2)26(25-14)18-8-6-16(21)7-9-18)20(27)24-12-4-11-23-17-5-3-10-22-13-17/h3,5-10,13,23H,4,11-12H2,1-2H3,(H,24,27). The summed E-state index contributed by atoms with van der Waals surface area (Å²) < 4.78 is 14.8. The highest BCUT2D eigenvalue weighted by Crippen LogP contribution is 2.18. The fraction of sp³-hybridized carbons (Fsp3) is 0.250. The van der Waals surface area contributed by atoms with Gasteiger partial charge in [-0.3, -0.25) is 9.78 Å². The molecule has 0 bridgehead atoms. The molecule has 0 aliphatic heterocycles. The van der Waals surface area contributed by atoms with Gasteiger partial charge in [0.05, 0.1) is 28.3 Å². The molecule has 27 heavy (non-hydrogen) atoms. The molecule has 0 atom stereocenters. The largest absolute Gasteiger partial charge is 0.384 e. The normalized spacial score (nSPS) is 10.6. The van der Waals surface area contributed by atoms with Gasteiger partial charge in [0.15, 0.2) is 0 Å². The van der Waals surface area contributed by atoms with Gasteiger partial charge in [-0.2, -0.15) is 5.10 Å². The van der Waals surface area contributed by atoms with E-state index in [9.17, 15) is 9.18 Å². The van der Waals surface area contributed by atoms with E-state index < -0.39 is 0 Å². The van der Waals surface area contributed by atoms with E-state index in [1.807, 2.05) is 19.1 Å². The van der Waals surface area contributed by atoms with Crippen molar-refractivity contribution in [3.05, 3.63) is 71.6 Å². The maximum Gasteiger partial charge on any atom is 0.255 e. The maximum absolute atomic E-state index is 13.1. The zero-order valence-electron chi connectivity index (χ0n) is 15.4. The summed E-state index contributed by atoms with van der Waals surface area (Å²) in [6.07, 6.45) is 4.27. The van der Waals surface area contributed by atoms with Gasteiger partial charge in [0.25, 0.3) is 5.91 Å². The van der Waals surface area contributed by atoms with Crippen LogP contribution < -0.4 is 10.6 Å². The molecule has 0 radical (unpaired) electrons. The number of halogens is 1. The van der Waals surface area contributed by atoms with Gasteiger partial charge in [0.2, 0.25) is 0 Å². The van der Waals surface area contributed by atoms with Crippen LogP contribution in [0.3, 0.4) is 0 Å². The quantitative estimate of drug-likeness (QED) is 0.629. The van der Waals surface area contributed by atoms with Gasteiger partial charge in [0, 0.05) is 25.5 Å². The predicted molar refractivity (Wildman–Crippen MR) is 103 cm³/mol. The molecule has 140 valence electrons. The first-order valence-electron chi connectivity index (χ1n) is 8.80. The van der Waals surface area contributed by atoms with Crippen molar-refractivity contribution in [2.45, 2.75) is 20.3 Å². The number of rotatable bonds is 7. The van der Waals surface area contributed by atoms with Crippen LogP contribution in [0.2, 0.25) is 0 Å². The summed E-state index contributed by atoms with van der Waals surface area (Å²) in [4.78, 5) is 16.6. The number of nitrogens with one attached hydrogen (secondary N) is 2. The van der Waals surface area contributed by atoms with Crippen LogP contribution in [0.4, 0.5) is 10.1 Å². The second kappa shape index (κ2) is 8.44. The van der Waals surface area contributed by atoms with Crippen LogP contribution in [0.15, 0.2) is 48.8 Å². The Morgan fingerprint density at radius 3 is 2.63 bits per heavy atom. The molecule has 0 aliphatic rings. The number of carbonyl (C=O) groups excluding carboxylic acids is 1. The van der Waals surface area contributed by atoms with Gasteiger partial charge in [-0.25, -0.2) is 9.07 Å². The van der Waals surface area contributed by atoms with E-state index >= 15 is 0 Å². The molecule has 3 aromatic rings. The average Bonchev–Trinajstić information content (AvgIpc) is 2.97. The minimum absolute atomic E-state index is 0.153. The lowest BCUT2D eigenvalue weighted by Gasteiger charge is -2.08. The number of pyridine rings is 1. The third kappa shape index (κ3) is 4.49. The van der Waals surface area contributed by atoms with Crippen LogP contribution in [-0.4, -0.2) is 33.8 Å². The molecule has 6 nitrogen and oxygen atoms in total. The molecule has 3 rings (SSSR count). The number of aromatic nitrogens is 3. The van der Waals surface area contributed by atoms with Crippen molar-refractivity contribution in [3.63, 3.8) is 0 Å². The number of hydrogen-bond acceptors (Lipinski definition) is 4. The van der Waals surface area contributed by atoms with Crippen molar-refractivity contribution >= 4 is 11.6 Å². The van der Waals surface area contributed by atoms with Gasteiger partial charge in [-0.15, -0.1) is 0 Å². The number of nitrogens with zero attached hydrogens (tertiary/aromatic N) is 3. The lowest BCUT2D eigenvalue weighted by Crippen LogP contribution is -2.26. The summed E-state index contributed by atoms with van der Waals surface area (Å²) in [6, 6.07) is 9.85. The summed E-state index contributed by atoms with van der Waals surface area (Å²) in [5, 5.41) is 10.6. The molecule has 7 heteroatoms. The molecule has 2 aromatic heterocycles. The monoisotopic (exact) mass is 367 g/mol. The number of carbonyl (C=O) groups is 1. The molecule has 0 saturated carbocycles. The van der Waals surface area contributed by atoms with Gasteiger partial charge >= 0.3 is 0 Å². The molecule has 0 fully saturated rings. The van der Waals surface area contributed by atoms with Gasteiger partial charge in [-0.1, -0.05) is 0 Å². The lowest BCUT2D eigenvalue weighted by molar-refractivity contribution is 0.0952. The topological polar surface area (TPSA) is 71.8 Å². The molecular formula is C20H22FN5O. The number of anilines is 1. The highest BCUT2D eigenvalue weighted by Gasteiger charge is 2.19. The third-order valence-corrected chi connectivity index (χ3v) is 4.22. The Kier molecular flexibility index (Phi) is 5.80. The summed E-state index contributed by atoms with van der Waals surface area (Å²) in [7, 11) is 0. The van der Waals surface area contributed by atoms with Crippen molar-refractivity contribution in [1.82, 2.24) is 20.1 Å². The van der Waals surface area contributed by atoms with Crippen molar-refractivity contribution < 1.29 is 9.18 Å². The number of benzene rings is 1. The van der Waals surface area contributed by atoms with Crippen LogP contribution >= 0.6 is 0 Å². The van der Waals surface area contributed by atoms with Crippen LogP contribution in [-0.2, 0) is 0 Å². The molecule has 0 saturated heterocycles. The molecule has 2 heterocycles. The van der Waals surface area contributed by atoms with E-state index in [1.165, 1.54) is 12.1 Å². The second-order valence-corrected chi connectivity index (χ2v) is 6.21. The lowest BCUT2D eigenvalue weighted by atomic mass is 10.2. The summed E-state index contributed by atoms with van der Waals surface area (Å²) in [5.74, 6) is -0.460. The highest BCUT2D eigenvalue weighted by molar-refractivity contribution is 5.96. The molecule has 0 aliphatic carbocycles. The minimum Gasteiger partial charge on any atom is -0.384 e. The number of aryl methyl sites for hydroxylation is 1. The second-order valence-electron chi connectivity index (χ2n) is 6.21. The highest BCUT2D eigenvalue weighted by atomic mass is 19.1. The molecule has 1 amide bonds. The number of amides is 1. The van der Waals surface area contributed by atoms with Crippen LogP contribution in [0, 0.1) is 19.7 Å². The Bertz CT molecular complexity index is 906. The van der Waals surface area contributed by atoms with Crippen LogP contribution in [0.1, 0.15) is 28.2 Å². The van der Waals surface area contributed by atoms with E-state index in [1.54, 1.807) is 36.1 Å². The number of hydrogen-bond donors (Lipinski definition) is 2. The molecule has 2 N–H and O–H groups in total. The predicted octanol–water partition coefficient (Wildman–Crippen LogP) is 3.26. The van der Waals surface area contributed by atoms with Crippen molar-refractivity contribution in [2.75, 3.05) is 18.4 Å². The molecule has 1 aromatic carbocycles. The van der Waals surface area contributed by atoms with Gasteiger partial charge in [-0.05, 0) is 56.7 Å². The average molecular weight is 367 g/mol. The zero-order chi connectivity index (χ0) is 19.2. The first-order valence-corrected chi connectivity index (χ1v) is 8.80. The van der Waals surface area contributed by atoms with E-state index in [0.29, 0.717) is 17.8 Å². The van der Waals surface area contributed by atoms with Crippen molar-refractivity contribution in [1.29, 1.82) is 0 Å². The van der Waals surface area contributed by atoms with Crippen LogP contribution in [0.25, 0.3) is 5.69 Å². The molecule has 0 unspecified atom stereocenters. The Labute approximate surface area is 157 Å². The SMILES string of the molecule is Cc1nn(-c2ccc(F)cc2)c(C)c1C(=O)NCCCNc1cccnc1. The Hall–Kier alpha value is -3.22. The summed E-state index contributed by atoms with van der Waals surface area (Å²) in [6.45, 7) is 4.92. The first-order chi connectivity index (χ1) is 13.1. The third-order valence-electron chi connectivity index (χ3n) is 4.22. The zero-order valence-corrected chi connectivity index (χ0v) is 15.4. The van der Waals surface area contributed by atoms with Crippen molar-refractivity contribution in [3.8, 4) is 5.69 Å². The van der Waals surface area contributed by atoms with Crippen LogP contribution in [0.5, 0.6) is 0 Å². The minimum atomic E-state index is -0.307. The van der Waals surface area contributed by atoms with Gasteiger partial charge in [0.1, 0.15) is 5.82 Å². The van der Waals surface area contributed by atoms with Crippen molar-refractivity contribution in [2.24, 2.45) is 0 Å². The van der Waals surface area contributed by atoms with E-state index in [2.05, 4.69) is 20.7 Å². The summed E-state index contributed by atoms with van der Waals surface area (Å²) in [5.41, 5.74) is 3.60. The fourth-order valence-corrected chi connectivity index (χ4v) is 2.88. The molecule has 0 spiro atoms. The fourth-order valence-electron chi connectivity index (χ4n) is 2.88. The first kappa shape index (κ1) is 18.6. The summed E-state index contributed by atoms with van der Waals surface area (Å²) >= 11 is 0. The Balaban J connectivity index is 1.57. The van der Waals surface area contributed by atoms with Gasteiger partial charge < -0.3 is 10.6 Å². The van der Waals surface area contributed by atoms with E-state index in [0.717, 1.165) is 30.0 Å². The van der Waals surface area contributed by atoms with E-state index in [-0.39, 0.29) is 11.7 Å².